The van der Waals surface area contributed by atoms with Gasteiger partial charge in [-0.25, -0.2) is 9.97 Å². The van der Waals surface area contributed by atoms with Crippen molar-refractivity contribution >= 4 is 34.6 Å². The fraction of sp³-hybridized carbons (Fsp3) is 0.615. The number of aromatic nitrogens is 2. The van der Waals surface area contributed by atoms with E-state index in [2.05, 4.69) is 27.5 Å². The number of anilines is 3. The van der Waals surface area contributed by atoms with E-state index in [-0.39, 0.29) is 17.3 Å². The van der Waals surface area contributed by atoms with Crippen LogP contribution in [-0.4, -0.2) is 21.4 Å². The van der Waals surface area contributed by atoms with Gasteiger partial charge in [0.1, 0.15) is 6.33 Å². The average Bonchev–Trinajstić information content (AvgIpc) is 2.81. The van der Waals surface area contributed by atoms with Gasteiger partial charge in [-0.2, -0.15) is 0 Å². The maximum atomic E-state index is 11.7. The number of benzene rings is 1. The summed E-state index contributed by atoms with van der Waals surface area (Å²) in [5.74, 6) is 0.380. The third kappa shape index (κ3) is 11.1. The van der Waals surface area contributed by atoms with Crippen LogP contribution in [0.1, 0.15) is 96.8 Å². The highest BCUT2D eigenvalue weighted by Crippen LogP contribution is 2.31. The summed E-state index contributed by atoms with van der Waals surface area (Å²) in [4.78, 5) is 19.4. The molecule has 0 radical (unpaired) electrons. The molecule has 0 aliphatic carbocycles. The van der Waals surface area contributed by atoms with E-state index in [1.165, 1.54) is 83.4 Å². The number of nitrogens with one attached hydrogen (secondary N) is 2. The summed E-state index contributed by atoms with van der Waals surface area (Å²) in [6, 6.07) is 6.98. The molecule has 0 fully saturated rings. The number of nitrogens with zero attached hydrogens (tertiary/aromatic N) is 3. The van der Waals surface area contributed by atoms with Crippen molar-refractivity contribution in [3.8, 4) is 0 Å². The maximum Gasteiger partial charge on any atom is 0.353 e. The molecule has 2 rings (SSSR count). The number of hydrogen-bond donors (Lipinski definition) is 2. The fourth-order valence-electron chi connectivity index (χ4n) is 4.00. The molecule has 2 aromatic rings. The quantitative estimate of drug-likeness (QED) is 0.116. The first-order chi connectivity index (χ1) is 16.6. The zero-order valence-electron chi connectivity index (χ0n) is 20.5. The summed E-state index contributed by atoms with van der Waals surface area (Å²) in [5, 5.41) is 18.3. The molecule has 34 heavy (non-hydrogen) atoms. The van der Waals surface area contributed by atoms with E-state index in [1.54, 1.807) is 24.3 Å². The molecule has 2 N–H and O–H groups in total. The first kappa shape index (κ1) is 27.8. The molecule has 1 aromatic heterocycles. The Morgan fingerprint density at radius 2 is 1.41 bits per heavy atom. The number of nitro groups is 1. The lowest BCUT2D eigenvalue weighted by Crippen LogP contribution is -2.09. The molecule has 0 unspecified atom stereocenters. The van der Waals surface area contributed by atoms with Crippen LogP contribution in [0, 0.1) is 10.1 Å². The van der Waals surface area contributed by atoms with Crippen molar-refractivity contribution in [3.63, 3.8) is 0 Å². The minimum Gasteiger partial charge on any atom is -0.364 e. The highest BCUT2D eigenvalue weighted by Gasteiger charge is 2.22. The van der Waals surface area contributed by atoms with Crippen molar-refractivity contribution in [2.75, 3.05) is 17.2 Å². The summed E-state index contributed by atoms with van der Waals surface area (Å²) in [6.45, 7) is 2.91. The average molecular weight is 490 g/mol. The Balaban J connectivity index is 1.61. The third-order valence-electron chi connectivity index (χ3n) is 5.91. The molecule has 1 heterocycles. The van der Waals surface area contributed by atoms with Crippen LogP contribution >= 0.6 is 11.6 Å². The summed E-state index contributed by atoms with van der Waals surface area (Å²) in [7, 11) is 0. The second kappa shape index (κ2) is 17.1. The smallest absolute Gasteiger partial charge is 0.353 e. The van der Waals surface area contributed by atoms with Gasteiger partial charge < -0.3 is 10.6 Å². The topological polar surface area (TPSA) is 93.0 Å². The molecule has 1 aromatic carbocycles. The Labute approximate surface area is 209 Å². The molecule has 0 aliphatic rings. The van der Waals surface area contributed by atoms with Gasteiger partial charge in [0.15, 0.2) is 0 Å². The second-order valence-electron chi connectivity index (χ2n) is 8.83. The lowest BCUT2D eigenvalue weighted by Gasteiger charge is -2.10. The van der Waals surface area contributed by atoms with Gasteiger partial charge in [-0.1, -0.05) is 108 Å². The van der Waals surface area contributed by atoms with E-state index >= 15 is 0 Å². The maximum absolute atomic E-state index is 11.7. The number of unbranched alkanes of at least 4 members (excludes halogenated alkanes) is 13. The summed E-state index contributed by atoms with van der Waals surface area (Å²) >= 11 is 6.00. The van der Waals surface area contributed by atoms with Gasteiger partial charge in [0.2, 0.25) is 11.6 Å². The molecule has 0 amide bonds. The van der Waals surface area contributed by atoms with E-state index in [4.69, 9.17) is 11.6 Å². The number of halogens is 1. The molecule has 8 heteroatoms. The third-order valence-corrected chi connectivity index (χ3v) is 6.15. The van der Waals surface area contributed by atoms with Gasteiger partial charge in [-0.3, -0.25) is 10.1 Å². The van der Waals surface area contributed by atoms with Crippen molar-refractivity contribution in [3.05, 3.63) is 45.7 Å². The normalized spacial score (nSPS) is 10.9. The van der Waals surface area contributed by atoms with E-state index in [0.717, 1.165) is 12.8 Å². The fourth-order valence-corrected chi connectivity index (χ4v) is 4.19. The monoisotopic (exact) mass is 489 g/mol. The molecular formula is C26H40ClN5O2. The van der Waals surface area contributed by atoms with Crippen molar-refractivity contribution < 1.29 is 4.92 Å². The van der Waals surface area contributed by atoms with Crippen LogP contribution in [0.15, 0.2) is 30.6 Å². The van der Waals surface area contributed by atoms with Gasteiger partial charge in [0.25, 0.3) is 0 Å². The minimum absolute atomic E-state index is 0.144. The van der Waals surface area contributed by atoms with Crippen LogP contribution in [0.2, 0.25) is 5.02 Å². The van der Waals surface area contributed by atoms with Crippen LogP contribution in [0.3, 0.4) is 0 Å². The van der Waals surface area contributed by atoms with E-state index in [0.29, 0.717) is 17.3 Å². The highest BCUT2D eigenvalue weighted by molar-refractivity contribution is 6.30. The van der Waals surface area contributed by atoms with Crippen molar-refractivity contribution in [2.45, 2.75) is 96.8 Å². The molecule has 0 saturated carbocycles. The first-order valence-corrected chi connectivity index (χ1v) is 13.3. The number of rotatable bonds is 19. The van der Waals surface area contributed by atoms with Crippen LogP contribution in [0.25, 0.3) is 0 Å². The molecular weight excluding hydrogens is 450 g/mol. The molecule has 188 valence electrons. The van der Waals surface area contributed by atoms with Gasteiger partial charge in [-0.05, 0) is 24.6 Å². The highest BCUT2D eigenvalue weighted by atomic mass is 35.5. The lowest BCUT2D eigenvalue weighted by molar-refractivity contribution is -0.383. The second-order valence-corrected chi connectivity index (χ2v) is 9.27. The molecule has 0 atom stereocenters. The molecule has 7 nitrogen and oxygen atoms in total. The van der Waals surface area contributed by atoms with Crippen molar-refractivity contribution in [1.82, 2.24) is 9.97 Å². The predicted octanol–water partition coefficient (Wildman–Crippen LogP) is 8.68. The lowest BCUT2D eigenvalue weighted by atomic mass is 10.0. The van der Waals surface area contributed by atoms with Crippen LogP contribution < -0.4 is 10.6 Å². The summed E-state index contributed by atoms with van der Waals surface area (Å²) in [5.41, 5.74) is 0.472. The summed E-state index contributed by atoms with van der Waals surface area (Å²) < 4.78 is 0. The Kier molecular flexibility index (Phi) is 14.0. The van der Waals surface area contributed by atoms with Gasteiger partial charge in [0.05, 0.1) is 4.92 Å². The summed E-state index contributed by atoms with van der Waals surface area (Å²) in [6.07, 6.45) is 19.5. The van der Waals surface area contributed by atoms with Crippen molar-refractivity contribution in [1.29, 1.82) is 0 Å². The van der Waals surface area contributed by atoms with Crippen molar-refractivity contribution in [2.24, 2.45) is 0 Å². The van der Waals surface area contributed by atoms with Gasteiger partial charge in [-0.15, -0.1) is 0 Å². The van der Waals surface area contributed by atoms with E-state index < -0.39 is 4.92 Å². The Bertz CT molecular complexity index is 850. The molecule has 0 spiro atoms. The van der Waals surface area contributed by atoms with E-state index in [1.807, 2.05) is 0 Å². The van der Waals surface area contributed by atoms with Crippen LogP contribution in [-0.2, 0) is 0 Å². The Morgan fingerprint density at radius 3 is 1.97 bits per heavy atom. The van der Waals surface area contributed by atoms with Crippen LogP contribution in [0.5, 0.6) is 0 Å². The predicted molar refractivity (Wildman–Crippen MR) is 142 cm³/mol. The first-order valence-electron chi connectivity index (χ1n) is 12.9. The number of hydrogen-bond acceptors (Lipinski definition) is 6. The Hall–Kier alpha value is -2.41. The molecule has 0 bridgehead atoms. The molecule has 0 aliphatic heterocycles. The van der Waals surface area contributed by atoms with Crippen LogP contribution in [0.4, 0.5) is 23.0 Å². The SMILES string of the molecule is CCCCCCCCCCCCCCCCNc1ncnc(Nc2cccc(Cl)c2)c1[N+](=O)[O-]. The zero-order valence-corrected chi connectivity index (χ0v) is 21.3. The van der Waals surface area contributed by atoms with E-state index in [9.17, 15) is 10.1 Å². The van der Waals surface area contributed by atoms with Gasteiger partial charge >= 0.3 is 5.69 Å². The standard InChI is InChI=1S/C26H40ClN5O2/c1-2-3-4-5-6-7-8-9-10-11-12-13-14-15-19-28-25-24(32(33)34)26(30-21-29-25)31-23-18-16-17-22(27)20-23/h16-18,20-21H,2-15,19H2,1H3,(H2,28,29,30,31). The minimum atomic E-state index is -0.458. The van der Waals surface area contributed by atoms with Gasteiger partial charge in [0, 0.05) is 17.3 Å². The largest absolute Gasteiger partial charge is 0.364 e. The zero-order chi connectivity index (χ0) is 24.4. The Morgan fingerprint density at radius 1 is 0.853 bits per heavy atom. The molecule has 0 saturated heterocycles.